The Labute approximate surface area is 168 Å². The summed E-state index contributed by atoms with van der Waals surface area (Å²) in [5.41, 5.74) is -0.980. The maximum Gasteiger partial charge on any atom is 0.313 e. The highest BCUT2D eigenvalue weighted by molar-refractivity contribution is 5.81. The number of hydrogen-bond donors (Lipinski definition) is 1. The van der Waals surface area contributed by atoms with Gasteiger partial charge in [0, 0.05) is 6.42 Å². The maximum absolute atomic E-state index is 13.4. The molecule has 1 amide bonds. The van der Waals surface area contributed by atoms with Gasteiger partial charge in [0.05, 0.1) is 38.4 Å². The van der Waals surface area contributed by atoms with E-state index in [1.165, 1.54) is 13.8 Å². The standard InChI is InChI=1S/C18H20F5NO6/c1-18(2,9-25)24-10(26)3-5-28-7-8-29-6-4-11(27)30-17-15(22)13(20)12(19)14(21)16(17)23/h9H,3-8H2,1-2H3,(H,24,26). The fourth-order valence-corrected chi connectivity index (χ4v) is 1.93. The third kappa shape index (κ3) is 7.67. The first-order valence-corrected chi connectivity index (χ1v) is 8.65. The monoisotopic (exact) mass is 441 g/mol. The van der Waals surface area contributed by atoms with Crippen LogP contribution in [0.1, 0.15) is 26.7 Å². The molecule has 0 atom stereocenters. The van der Waals surface area contributed by atoms with Gasteiger partial charge in [-0.1, -0.05) is 0 Å². The van der Waals surface area contributed by atoms with E-state index in [0.29, 0.717) is 6.29 Å². The summed E-state index contributed by atoms with van der Waals surface area (Å²) < 4.78 is 80.1. The van der Waals surface area contributed by atoms with Crippen LogP contribution >= 0.6 is 0 Å². The van der Waals surface area contributed by atoms with E-state index >= 15 is 0 Å². The van der Waals surface area contributed by atoms with E-state index in [-0.39, 0.29) is 38.8 Å². The molecule has 0 heterocycles. The minimum Gasteiger partial charge on any atom is -0.420 e. The van der Waals surface area contributed by atoms with Gasteiger partial charge in [-0.15, -0.1) is 0 Å². The number of hydrogen-bond acceptors (Lipinski definition) is 6. The first kappa shape index (κ1) is 25.4. The average molecular weight is 441 g/mol. The summed E-state index contributed by atoms with van der Waals surface area (Å²) in [5, 5.41) is 2.48. The Bertz CT molecular complexity index is 758. The number of esters is 1. The van der Waals surface area contributed by atoms with Crippen molar-refractivity contribution in [2.24, 2.45) is 0 Å². The van der Waals surface area contributed by atoms with E-state index in [1.54, 1.807) is 0 Å². The van der Waals surface area contributed by atoms with Gasteiger partial charge in [-0.05, 0) is 13.8 Å². The summed E-state index contributed by atoms with van der Waals surface area (Å²) in [4.78, 5) is 33.7. The van der Waals surface area contributed by atoms with Crippen LogP contribution in [0.4, 0.5) is 22.0 Å². The lowest BCUT2D eigenvalue weighted by Crippen LogP contribution is -2.44. The molecule has 0 saturated heterocycles. The van der Waals surface area contributed by atoms with E-state index in [0.717, 1.165) is 0 Å². The number of amides is 1. The smallest absolute Gasteiger partial charge is 0.313 e. The summed E-state index contributed by atoms with van der Waals surface area (Å²) >= 11 is 0. The van der Waals surface area contributed by atoms with Crippen LogP contribution in [0.5, 0.6) is 5.75 Å². The second-order valence-electron chi connectivity index (χ2n) is 6.49. The van der Waals surface area contributed by atoms with Crippen molar-refractivity contribution in [1.29, 1.82) is 0 Å². The van der Waals surface area contributed by atoms with E-state index in [1.807, 2.05) is 0 Å². The first-order valence-electron chi connectivity index (χ1n) is 8.65. The molecule has 0 aliphatic carbocycles. The molecule has 0 aliphatic rings. The number of aldehydes is 1. The number of rotatable bonds is 12. The van der Waals surface area contributed by atoms with E-state index in [2.05, 4.69) is 10.1 Å². The number of halogens is 5. The molecule has 168 valence electrons. The highest BCUT2D eigenvalue weighted by atomic mass is 19.2. The molecule has 0 radical (unpaired) electrons. The number of carbonyl (C=O) groups is 3. The Morgan fingerprint density at radius 1 is 0.833 bits per heavy atom. The van der Waals surface area contributed by atoms with Gasteiger partial charge in [0.25, 0.3) is 0 Å². The van der Waals surface area contributed by atoms with Crippen LogP contribution in [0, 0.1) is 29.1 Å². The molecule has 1 aromatic carbocycles. The molecule has 1 aromatic rings. The maximum atomic E-state index is 13.4. The molecule has 0 fully saturated rings. The molecule has 0 bridgehead atoms. The Balaban J connectivity index is 2.25. The summed E-state index contributed by atoms with van der Waals surface area (Å²) in [6, 6.07) is 0. The van der Waals surface area contributed by atoms with Crippen molar-refractivity contribution in [2.75, 3.05) is 26.4 Å². The van der Waals surface area contributed by atoms with Crippen molar-refractivity contribution in [3.63, 3.8) is 0 Å². The van der Waals surface area contributed by atoms with E-state index < -0.39 is 52.8 Å². The van der Waals surface area contributed by atoms with Gasteiger partial charge in [-0.25, -0.2) is 13.2 Å². The largest absolute Gasteiger partial charge is 0.420 e. The number of benzene rings is 1. The molecular formula is C18H20F5NO6. The first-order chi connectivity index (χ1) is 14.0. The molecule has 12 heteroatoms. The van der Waals surface area contributed by atoms with Crippen molar-refractivity contribution < 1.29 is 50.5 Å². The zero-order valence-electron chi connectivity index (χ0n) is 16.2. The molecule has 7 nitrogen and oxygen atoms in total. The van der Waals surface area contributed by atoms with Crippen LogP contribution in [0.15, 0.2) is 0 Å². The minimum absolute atomic E-state index is 0.00272. The lowest BCUT2D eigenvalue weighted by atomic mass is 10.1. The summed E-state index contributed by atoms with van der Waals surface area (Å²) in [6.07, 6.45) is 0.0740. The third-order valence-electron chi connectivity index (χ3n) is 3.44. The van der Waals surface area contributed by atoms with Gasteiger partial charge >= 0.3 is 5.97 Å². The number of carbonyl (C=O) groups excluding carboxylic acids is 3. The molecular weight excluding hydrogens is 421 g/mol. The molecule has 1 rings (SSSR count). The van der Waals surface area contributed by atoms with Crippen LogP contribution in [-0.2, 0) is 23.9 Å². The van der Waals surface area contributed by atoms with Crippen LogP contribution in [0.3, 0.4) is 0 Å². The van der Waals surface area contributed by atoms with Crippen LogP contribution in [0.25, 0.3) is 0 Å². The Morgan fingerprint density at radius 2 is 1.30 bits per heavy atom. The molecule has 0 aromatic heterocycles. The van der Waals surface area contributed by atoms with Crippen LogP contribution < -0.4 is 10.1 Å². The Morgan fingerprint density at radius 3 is 1.80 bits per heavy atom. The lowest BCUT2D eigenvalue weighted by Gasteiger charge is -2.18. The third-order valence-corrected chi connectivity index (χ3v) is 3.44. The average Bonchev–Trinajstić information content (AvgIpc) is 2.69. The van der Waals surface area contributed by atoms with Crippen molar-refractivity contribution in [3.05, 3.63) is 29.1 Å². The molecule has 0 aliphatic heterocycles. The van der Waals surface area contributed by atoms with Gasteiger partial charge in [-0.3, -0.25) is 9.59 Å². The van der Waals surface area contributed by atoms with Crippen molar-refractivity contribution in [2.45, 2.75) is 32.2 Å². The van der Waals surface area contributed by atoms with Gasteiger partial charge in [-0.2, -0.15) is 8.78 Å². The summed E-state index contributed by atoms with van der Waals surface area (Å²) in [6.45, 7) is 2.89. The SMILES string of the molecule is CC(C)(C=O)NC(=O)CCOCCOCCC(=O)Oc1c(F)c(F)c(F)c(F)c1F. The number of nitrogens with one attached hydrogen (secondary N) is 1. The van der Waals surface area contributed by atoms with Gasteiger partial charge < -0.3 is 24.3 Å². The van der Waals surface area contributed by atoms with Crippen LogP contribution in [-0.4, -0.2) is 50.1 Å². The lowest BCUT2D eigenvalue weighted by molar-refractivity contribution is -0.136. The summed E-state index contributed by atoms with van der Waals surface area (Å²) in [7, 11) is 0. The zero-order valence-corrected chi connectivity index (χ0v) is 16.2. The molecule has 1 N–H and O–H groups in total. The van der Waals surface area contributed by atoms with Gasteiger partial charge in [0.1, 0.15) is 6.29 Å². The predicted molar refractivity (Wildman–Crippen MR) is 91.0 cm³/mol. The second-order valence-corrected chi connectivity index (χ2v) is 6.49. The topological polar surface area (TPSA) is 90.9 Å². The zero-order chi connectivity index (χ0) is 22.9. The van der Waals surface area contributed by atoms with Crippen molar-refractivity contribution in [3.8, 4) is 5.75 Å². The van der Waals surface area contributed by atoms with Gasteiger partial charge in [0.15, 0.2) is 0 Å². The Kier molecular flexibility index (Phi) is 9.79. The highest BCUT2D eigenvalue weighted by Gasteiger charge is 2.28. The molecule has 0 unspecified atom stereocenters. The Hall–Kier alpha value is -2.60. The second kappa shape index (κ2) is 11.6. The summed E-state index contributed by atoms with van der Waals surface area (Å²) in [5.74, 6) is -14.7. The predicted octanol–water partition coefficient (Wildman–Crippen LogP) is 2.19. The highest BCUT2D eigenvalue weighted by Crippen LogP contribution is 2.29. The quantitative estimate of drug-likeness (QED) is 0.102. The fourth-order valence-electron chi connectivity index (χ4n) is 1.93. The fraction of sp³-hybridized carbons (Fsp3) is 0.500. The number of ether oxygens (including phenoxy) is 3. The van der Waals surface area contributed by atoms with Gasteiger partial charge in [0.2, 0.25) is 40.7 Å². The van der Waals surface area contributed by atoms with E-state index in [4.69, 9.17) is 9.47 Å². The minimum atomic E-state index is -2.36. The van der Waals surface area contributed by atoms with Crippen LogP contribution in [0.2, 0.25) is 0 Å². The van der Waals surface area contributed by atoms with Crippen molar-refractivity contribution in [1.82, 2.24) is 5.32 Å². The molecule has 0 saturated carbocycles. The van der Waals surface area contributed by atoms with E-state index in [9.17, 15) is 36.3 Å². The normalized spacial score (nSPS) is 11.3. The molecule has 0 spiro atoms. The van der Waals surface area contributed by atoms with Crippen molar-refractivity contribution >= 4 is 18.2 Å². The molecule has 30 heavy (non-hydrogen) atoms.